The van der Waals surface area contributed by atoms with Gasteiger partial charge in [0.2, 0.25) is 0 Å². The quantitative estimate of drug-likeness (QED) is 0.538. The van der Waals surface area contributed by atoms with Crippen molar-refractivity contribution in [1.82, 2.24) is 4.98 Å². The third-order valence-corrected chi connectivity index (χ3v) is 1.42. The number of nitrogens with two attached hydrogens (primary N) is 1. The van der Waals surface area contributed by atoms with Gasteiger partial charge in [0.15, 0.2) is 0 Å². The Hall–Kier alpha value is -1.84. The smallest absolute Gasteiger partial charge is 0.330 e. The normalized spacial score (nSPS) is 10.2. The number of hydrogen-bond acceptors (Lipinski definition) is 4. The standard InChI is InChI=1S/C9H10N2O2/c1-13-9(12)3-2-7-4-5-11-8(10)6-7/h2-6H,1H3,(H2,10,11)/b3-2+. The number of nitrogen functional groups attached to an aromatic ring is 1. The maximum atomic E-state index is 10.7. The molecule has 4 heteroatoms. The zero-order valence-electron chi connectivity index (χ0n) is 7.23. The van der Waals surface area contributed by atoms with Crippen LogP contribution < -0.4 is 5.73 Å². The largest absolute Gasteiger partial charge is 0.466 e. The number of anilines is 1. The van der Waals surface area contributed by atoms with Crippen LogP contribution >= 0.6 is 0 Å². The zero-order chi connectivity index (χ0) is 9.68. The van der Waals surface area contributed by atoms with Gasteiger partial charge in [-0.2, -0.15) is 0 Å². The van der Waals surface area contributed by atoms with Crippen LogP contribution in [0.2, 0.25) is 0 Å². The van der Waals surface area contributed by atoms with E-state index in [1.807, 2.05) is 0 Å². The highest BCUT2D eigenvalue weighted by molar-refractivity contribution is 5.86. The molecule has 0 aromatic carbocycles. The first-order chi connectivity index (χ1) is 6.22. The summed E-state index contributed by atoms with van der Waals surface area (Å²) in [6.45, 7) is 0. The van der Waals surface area contributed by atoms with Gasteiger partial charge in [-0.1, -0.05) is 0 Å². The summed E-state index contributed by atoms with van der Waals surface area (Å²) in [5, 5.41) is 0. The van der Waals surface area contributed by atoms with Gasteiger partial charge in [-0.05, 0) is 23.8 Å². The van der Waals surface area contributed by atoms with E-state index in [2.05, 4.69) is 9.72 Å². The van der Waals surface area contributed by atoms with Gasteiger partial charge in [0.25, 0.3) is 0 Å². The number of nitrogens with zero attached hydrogens (tertiary/aromatic N) is 1. The molecular formula is C9H10N2O2. The summed E-state index contributed by atoms with van der Waals surface area (Å²) in [6.07, 6.45) is 4.52. The summed E-state index contributed by atoms with van der Waals surface area (Å²) in [6, 6.07) is 3.41. The van der Waals surface area contributed by atoms with Crippen molar-refractivity contribution < 1.29 is 9.53 Å². The fraction of sp³-hybridized carbons (Fsp3) is 0.111. The highest BCUT2D eigenvalue weighted by Gasteiger charge is 1.92. The predicted molar refractivity (Wildman–Crippen MR) is 49.7 cm³/mol. The third kappa shape index (κ3) is 2.94. The van der Waals surface area contributed by atoms with Crippen molar-refractivity contribution in [1.29, 1.82) is 0 Å². The van der Waals surface area contributed by atoms with Crippen molar-refractivity contribution in [3.8, 4) is 0 Å². The molecule has 0 spiro atoms. The van der Waals surface area contributed by atoms with Gasteiger partial charge in [-0.3, -0.25) is 0 Å². The maximum absolute atomic E-state index is 10.7. The number of pyridine rings is 1. The molecule has 0 radical (unpaired) electrons. The number of esters is 1. The summed E-state index contributed by atoms with van der Waals surface area (Å²) in [5.74, 6) is 0.0300. The van der Waals surface area contributed by atoms with Crippen molar-refractivity contribution in [3.05, 3.63) is 30.0 Å². The summed E-state index contributed by atoms with van der Waals surface area (Å²) in [4.78, 5) is 14.5. The van der Waals surface area contributed by atoms with Crippen molar-refractivity contribution in [2.24, 2.45) is 0 Å². The van der Waals surface area contributed by atoms with Crippen LogP contribution in [0.25, 0.3) is 6.08 Å². The molecule has 4 nitrogen and oxygen atoms in total. The van der Waals surface area contributed by atoms with Crippen LogP contribution in [0.4, 0.5) is 5.82 Å². The van der Waals surface area contributed by atoms with Gasteiger partial charge in [0.05, 0.1) is 7.11 Å². The fourth-order valence-electron chi connectivity index (χ4n) is 0.802. The van der Waals surface area contributed by atoms with Gasteiger partial charge in [-0.15, -0.1) is 0 Å². The highest BCUT2D eigenvalue weighted by atomic mass is 16.5. The number of hydrogen-bond donors (Lipinski definition) is 1. The minimum absolute atomic E-state index is 0.393. The Labute approximate surface area is 76.0 Å². The summed E-state index contributed by atoms with van der Waals surface area (Å²) in [5.41, 5.74) is 6.25. The first kappa shape index (κ1) is 9.25. The van der Waals surface area contributed by atoms with E-state index >= 15 is 0 Å². The molecule has 0 unspecified atom stereocenters. The van der Waals surface area contributed by atoms with Crippen molar-refractivity contribution in [2.75, 3.05) is 12.8 Å². The number of ether oxygens (including phenoxy) is 1. The lowest BCUT2D eigenvalue weighted by Crippen LogP contribution is -1.93. The third-order valence-electron chi connectivity index (χ3n) is 1.42. The summed E-state index contributed by atoms with van der Waals surface area (Å²) >= 11 is 0. The average Bonchev–Trinajstić information content (AvgIpc) is 2.14. The number of carbonyl (C=O) groups excluding carboxylic acids is 1. The molecule has 1 rings (SSSR count). The van der Waals surface area contributed by atoms with Gasteiger partial charge in [-0.25, -0.2) is 9.78 Å². The molecule has 0 atom stereocenters. The topological polar surface area (TPSA) is 65.2 Å². The van der Waals surface area contributed by atoms with Crippen LogP contribution in [-0.4, -0.2) is 18.1 Å². The van der Waals surface area contributed by atoms with E-state index in [4.69, 9.17) is 5.73 Å². The Morgan fingerprint density at radius 1 is 1.69 bits per heavy atom. The van der Waals surface area contributed by atoms with E-state index < -0.39 is 5.97 Å². The SMILES string of the molecule is COC(=O)/C=C/c1ccnc(N)c1. The van der Waals surface area contributed by atoms with Gasteiger partial charge < -0.3 is 10.5 Å². The molecule has 0 fully saturated rings. The molecule has 0 saturated carbocycles. The lowest BCUT2D eigenvalue weighted by atomic mass is 10.2. The van der Waals surface area contributed by atoms with E-state index in [1.54, 1.807) is 24.4 Å². The molecular weight excluding hydrogens is 168 g/mol. The van der Waals surface area contributed by atoms with E-state index in [9.17, 15) is 4.79 Å². The number of rotatable bonds is 2. The molecule has 0 saturated heterocycles. The molecule has 68 valence electrons. The molecule has 1 aromatic rings. The second-order valence-corrected chi connectivity index (χ2v) is 2.37. The molecule has 0 aliphatic rings. The van der Waals surface area contributed by atoms with Gasteiger partial charge in [0.1, 0.15) is 5.82 Å². The monoisotopic (exact) mass is 178 g/mol. The fourth-order valence-corrected chi connectivity index (χ4v) is 0.802. The van der Waals surface area contributed by atoms with Crippen LogP contribution in [0.1, 0.15) is 5.56 Å². The second kappa shape index (κ2) is 4.25. The minimum Gasteiger partial charge on any atom is -0.466 e. The lowest BCUT2D eigenvalue weighted by molar-refractivity contribution is -0.134. The van der Waals surface area contributed by atoms with Gasteiger partial charge >= 0.3 is 5.97 Å². The first-order valence-corrected chi connectivity index (χ1v) is 3.70. The Morgan fingerprint density at radius 2 is 2.46 bits per heavy atom. The average molecular weight is 178 g/mol. The molecule has 1 heterocycles. The highest BCUT2D eigenvalue weighted by Crippen LogP contribution is 2.04. The van der Waals surface area contributed by atoms with E-state index in [0.29, 0.717) is 5.82 Å². The maximum Gasteiger partial charge on any atom is 0.330 e. The Bertz CT molecular complexity index is 334. The summed E-state index contributed by atoms with van der Waals surface area (Å²) < 4.78 is 4.43. The van der Waals surface area contributed by atoms with Gasteiger partial charge in [0, 0.05) is 12.3 Å². The lowest BCUT2D eigenvalue weighted by Gasteiger charge is -1.94. The van der Waals surface area contributed by atoms with Crippen LogP contribution in [0, 0.1) is 0 Å². The van der Waals surface area contributed by atoms with Crippen molar-refractivity contribution in [3.63, 3.8) is 0 Å². The minimum atomic E-state index is -0.393. The van der Waals surface area contributed by atoms with Crippen LogP contribution in [0.15, 0.2) is 24.4 Å². The van der Waals surface area contributed by atoms with E-state index in [-0.39, 0.29) is 0 Å². The number of methoxy groups -OCH3 is 1. The predicted octanol–water partition coefficient (Wildman–Crippen LogP) is 0.850. The zero-order valence-corrected chi connectivity index (χ0v) is 7.23. The molecule has 1 aromatic heterocycles. The molecule has 0 amide bonds. The summed E-state index contributed by atoms with van der Waals surface area (Å²) in [7, 11) is 1.33. The molecule has 0 aliphatic carbocycles. The van der Waals surface area contributed by atoms with E-state index in [0.717, 1.165) is 5.56 Å². The molecule has 0 aliphatic heterocycles. The van der Waals surface area contributed by atoms with Crippen LogP contribution in [0.5, 0.6) is 0 Å². The van der Waals surface area contributed by atoms with E-state index in [1.165, 1.54) is 13.2 Å². The van der Waals surface area contributed by atoms with Crippen LogP contribution in [-0.2, 0) is 9.53 Å². The Balaban J connectivity index is 2.74. The Morgan fingerprint density at radius 3 is 3.08 bits per heavy atom. The van der Waals surface area contributed by atoms with Crippen LogP contribution in [0.3, 0.4) is 0 Å². The molecule has 13 heavy (non-hydrogen) atoms. The first-order valence-electron chi connectivity index (χ1n) is 3.70. The van der Waals surface area contributed by atoms with Crippen molar-refractivity contribution in [2.45, 2.75) is 0 Å². The molecule has 0 bridgehead atoms. The molecule has 2 N–H and O–H groups in total. The number of carbonyl (C=O) groups is 1. The second-order valence-electron chi connectivity index (χ2n) is 2.37. The van der Waals surface area contributed by atoms with Crippen molar-refractivity contribution >= 4 is 17.9 Å². The number of aromatic nitrogens is 1. The Kier molecular flexibility index (Phi) is 3.03.